The second-order valence-electron chi connectivity index (χ2n) is 7.26. The maximum atomic E-state index is 11.4. The molecule has 0 aromatic heterocycles. The quantitative estimate of drug-likeness (QED) is 0.212. The normalized spacial score (nSPS) is 13.2. The third-order valence-corrected chi connectivity index (χ3v) is 5.01. The maximum Gasteiger partial charge on any atom is 0.243 e. The largest absolute Gasteiger partial charge is 0.399 e. The number of rotatable bonds is 6. The van der Waals surface area contributed by atoms with E-state index < -0.39 is 0 Å². The number of carbonyl (C=O) groups excluding carboxylic acids is 2. The fourth-order valence-corrected chi connectivity index (χ4v) is 3.40. The molecule has 1 aliphatic carbocycles. The first kappa shape index (κ1) is 24.6. The van der Waals surface area contributed by atoms with Crippen molar-refractivity contribution in [3.8, 4) is 0 Å². The molecule has 0 aliphatic heterocycles. The van der Waals surface area contributed by atoms with Gasteiger partial charge in [-0.05, 0) is 80.8 Å². The number of likely N-dealkylation sites (N-methyl/N-ethyl adjacent to an activating group) is 1. The third-order valence-electron chi connectivity index (χ3n) is 5.01. The number of nitrogens with two attached hydrogens (primary N) is 2. The molecule has 0 bridgehead atoms. The zero-order chi connectivity index (χ0) is 23.7. The molecule has 1 amide bonds. The number of amides is 1. The molecule has 32 heavy (non-hydrogen) atoms. The Labute approximate surface area is 189 Å². The lowest BCUT2D eigenvalue weighted by Gasteiger charge is -2.30. The first-order valence-corrected chi connectivity index (χ1v) is 10.4. The highest BCUT2D eigenvalue weighted by atomic mass is 16.1. The van der Waals surface area contributed by atoms with Gasteiger partial charge >= 0.3 is 0 Å². The molecule has 1 aliphatic rings. The van der Waals surface area contributed by atoms with Crippen LogP contribution in [0.3, 0.4) is 0 Å². The number of aldehydes is 1. The van der Waals surface area contributed by atoms with Gasteiger partial charge in [0.05, 0.1) is 17.1 Å². The number of hydrogen-bond donors (Lipinski definition) is 3. The molecule has 5 N–H and O–H groups in total. The van der Waals surface area contributed by atoms with Gasteiger partial charge in [0.1, 0.15) is 0 Å². The fourth-order valence-electron chi connectivity index (χ4n) is 3.40. The number of allylic oxidation sites excluding steroid dienone is 1. The second kappa shape index (κ2) is 11.6. The first-order chi connectivity index (χ1) is 15.4. The minimum absolute atomic E-state index is 0.163. The van der Waals surface area contributed by atoms with Gasteiger partial charge in [-0.15, -0.1) is 0 Å². The van der Waals surface area contributed by atoms with Gasteiger partial charge < -0.3 is 16.8 Å². The van der Waals surface area contributed by atoms with Crippen LogP contribution < -0.4 is 21.8 Å². The van der Waals surface area contributed by atoms with Crippen LogP contribution in [0.15, 0.2) is 59.2 Å². The van der Waals surface area contributed by atoms with E-state index in [4.69, 9.17) is 5.73 Å². The van der Waals surface area contributed by atoms with Gasteiger partial charge in [-0.25, -0.2) is 5.01 Å². The molecule has 0 saturated carbocycles. The summed E-state index contributed by atoms with van der Waals surface area (Å²) in [6.45, 7) is 3.76. The molecular weight excluding hydrogens is 402 g/mol. The molecule has 7 nitrogen and oxygen atoms in total. The van der Waals surface area contributed by atoms with Crippen LogP contribution >= 0.6 is 0 Å². The van der Waals surface area contributed by atoms with Gasteiger partial charge in [-0.2, -0.15) is 5.10 Å². The molecule has 2 aromatic carbocycles. The summed E-state index contributed by atoms with van der Waals surface area (Å²) in [7, 11) is 3.09. The lowest BCUT2D eigenvalue weighted by Crippen LogP contribution is -2.22. The zero-order valence-electron chi connectivity index (χ0n) is 19.1. The molecule has 3 rings (SSSR count). The van der Waals surface area contributed by atoms with Crippen molar-refractivity contribution in [1.82, 2.24) is 5.32 Å². The molecule has 0 radical (unpaired) electrons. The Bertz CT molecular complexity index is 1050. The van der Waals surface area contributed by atoms with Crippen molar-refractivity contribution in [3.05, 3.63) is 70.8 Å². The van der Waals surface area contributed by atoms with Crippen LogP contribution in [0.4, 0.5) is 11.4 Å². The average molecular weight is 434 g/mol. The van der Waals surface area contributed by atoms with Crippen molar-refractivity contribution in [2.45, 2.75) is 26.7 Å². The number of carbonyl (C=O) groups is 2. The van der Waals surface area contributed by atoms with Crippen LogP contribution in [0, 0.1) is 0 Å². The van der Waals surface area contributed by atoms with E-state index in [-0.39, 0.29) is 5.91 Å². The molecule has 0 heterocycles. The summed E-state index contributed by atoms with van der Waals surface area (Å²) < 4.78 is 0. The molecule has 0 saturated heterocycles. The number of anilines is 2. The van der Waals surface area contributed by atoms with E-state index in [1.807, 2.05) is 41.4 Å². The average Bonchev–Trinajstić information content (AvgIpc) is 2.82. The molecule has 7 heteroatoms. The lowest BCUT2D eigenvalue weighted by atomic mass is 9.89. The minimum Gasteiger partial charge on any atom is -0.399 e. The number of nitrogens with zero attached hydrogens (tertiary/aromatic N) is 2. The predicted molar refractivity (Wildman–Crippen MR) is 133 cm³/mol. The van der Waals surface area contributed by atoms with Crippen LogP contribution in [0.5, 0.6) is 0 Å². The SMILES string of the molecule is CN.CNC(=O)/C=C/c1ccc(N(/N=C(\C)C=O)C2=C(C)CCc3ccc(N)cc32)cc1. The van der Waals surface area contributed by atoms with E-state index in [0.717, 1.165) is 41.6 Å². The monoisotopic (exact) mass is 433 g/mol. The summed E-state index contributed by atoms with van der Waals surface area (Å²) in [6, 6.07) is 13.6. The van der Waals surface area contributed by atoms with Gasteiger partial charge in [-0.1, -0.05) is 18.2 Å². The highest BCUT2D eigenvalue weighted by molar-refractivity contribution is 6.27. The van der Waals surface area contributed by atoms with Crippen molar-refractivity contribution in [2.75, 3.05) is 24.8 Å². The van der Waals surface area contributed by atoms with Gasteiger partial charge in [0, 0.05) is 24.4 Å². The molecule has 0 atom stereocenters. The Kier molecular flexibility index (Phi) is 8.92. The maximum absolute atomic E-state index is 11.4. The Morgan fingerprint density at radius 1 is 1.12 bits per heavy atom. The smallest absolute Gasteiger partial charge is 0.243 e. The second-order valence-corrected chi connectivity index (χ2v) is 7.26. The summed E-state index contributed by atoms with van der Waals surface area (Å²) in [5.74, 6) is -0.163. The van der Waals surface area contributed by atoms with Crippen LogP contribution in [0.2, 0.25) is 0 Å². The molecule has 0 fully saturated rings. The van der Waals surface area contributed by atoms with Crippen LogP contribution in [-0.2, 0) is 16.0 Å². The van der Waals surface area contributed by atoms with E-state index >= 15 is 0 Å². The third kappa shape index (κ3) is 5.92. The summed E-state index contributed by atoms with van der Waals surface area (Å²) in [5, 5.41) is 8.95. The molecule has 0 spiro atoms. The van der Waals surface area contributed by atoms with Crippen LogP contribution in [0.1, 0.15) is 37.0 Å². The standard InChI is InChI=1S/C24H26N4O2.CH5N/c1-16-4-8-19-9-10-20(25)14-22(19)24(16)28(27-17(2)15-29)21-11-5-18(6-12-21)7-13-23(30)26-3;1-2/h5-7,9-15H,4,8,25H2,1-3H3,(H,26,30);2H2,1H3/b13-7+,27-17+;. The van der Waals surface area contributed by atoms with E-state index in [9.17, 15) is 9.59 Å². The summed E-state index contributed by atoms with van der Waals surface area (Å²) in [5.41, 5.74) is 17.7. The number of hydrazone groups is 1. The van der Waals surface area contributed by atoms with Crippen LogP contribution in [0.25, 0.3) is 11.8 Å². The summed E-state index contributed by atoms with van der Waals surface area (Å²) in [4.78, 5) is 22.8. The summed E-state index contributed by atoms with van der Waals surface area (Å²) in [6.07, 6.45) is 5.82. The van der Waals surface area contributed by atoms with E-state index in [1.165, 1.54) is 24.3 Å². The number of aryl methyl sites for hydroxylation is 1. The molecular formula is C25H31N5O2. The number of fused-ring (bicyclic) bond motifs is 1. The lowest BCUT2D eigenvalue weighted by molar-refractivity contribution is -0.116. The van der Waals surface area contributed by atoms with Crippen molar-refractivity contribution < 1.29 is 9.59 Å². The molecule has 2 aromatic rings. The number of nitrogen functional groups attached to an aromatic ring is 1. The topological polar surface area (TPSA) is 114 Å². The number of benzene rings is 2. The van der Waals surface area contributed by atoms with Crippen LogP contribution in [-0.4, -0.2) is 32.0 Å². The zero-order valence-corrected chi connectivity index (χ0v) is 19.1. The Morgan fingerprint density at radius 2 is 1.81 bits per heavy atom. The molecule has 168 valence electrons. The Morgan fingerprint density at radius 3 is 2.44 bits per heavy atom. The highest BCUT2D eigenvalue weighted by Crippen LogP contribution is 2.37. The van der Waals surface area contributed by atoms with Gasteiger partial charge in [-0.3, -0.25) is 9.59 Å². The Hall–Kier alpha value is -3.71. The van der Waals surface area contributed by atoms with Crippen molar-refractivity contribution in [2.24, 2.45) is 10.8 Å². The van der Waals surface area contributed by atoms with Crippen molar-refractivity contribution in [1.29, 1.82) is 0 Å². The minimum atomic E-state index is -0.163. The predicted octanol–water partition coefficient (Wildman–Crippen LogP) is 3.36. The van der Waals surface area contributed by atoms with Gasteiger partial charge in [0.15, 0.2) is 6.29 Å². The number of nitrogens with one attached hydrogen (secondary N) is 1. The van der Waals surface area contributed by atoms with Gasteiger partial charge in [0.25, 0.3) is 0 Å². The summed E-state index contributed by atoms with van der Waals surface area (Å²) >= 11 is 0. The highest BCUT2D eigenvalue weighted by Gasteiger charge is 2.23. The first-order valence-electron chi connectivity index (χ1n) is 10.4. The fraction of sp³-hybridized carbons (Fsp3) is 0.240. The molecule has 0 unspecified atom stereocenters. The van der Waals surface area contributed by atoms with Crippen molar-refractivity contribution >= 4 is 41.1 Å². The van der Waals surface area contributed by atoms with E-state index in [2.05, 4.69) is 29.1 Å². The van der Waals surface area contributed by atoms with E-state index in [1.54, 1.807) is 20.0 Å². The van der Waals surface area contributed by atoms with Gasteiger partial charge in [0.2, 0.25) is 5.91 Å². The Balaban J connectivity index is 0.00000176. The van der Waals surface area contributed by atoms with Crippen molar-refractivity contribution in [3.63, 3.8) is 0 Å². The van der Waals surface area contributed by atoms with E-state index in [0.29, 0.717) is 11.4 Å². The number of hydrogen-bond acceptors (Lipinski definition) is 6.